The van der Waals surface area contributed by atoms with Gasteiger partial charge in [-0.15, -0.1) is 0 Å². The van der Waals surface area contributed by atoms with Gasteiger partial charge in [0.05, 0.1) is 24.3 Å². The Labute approximate surface area is 146 Å². The van der Waals surface area contributed by atoms with Crippen molar-refractivity contribution in [3.63, 3.8) is 0 Å². The lowest BCUT2D eigenvalue weighted by Gasteiger charge is -2.40. The van der Waals surface area contributed by atoms with Crippen molar-refractivity contribution in [2.45, 2.75) is 63.5 Å². The molecule has 1 aliphatic carbocycles. The third-order valence-electron chi connectivity index (χ3n) is 5.23. The van der Waals surface area contributed by atoms with Crippen LogP contribution in [0.4, 0.5) is 0 Å². The van der Waals surface area contributed by atoms with E-state index < -0.39 is 10.0 Å². The highest BCUT2D eigenvalue weighted by Gasteiger charge is 2.37. The lowest BCUT2D eigenvalue weighted by Crippen LogP contribution is -2.49. The highest BCUT2D eigenvalue weighted by atomic mass is 32.2. The van der Waals surface area contributed by atoms with Crippen LogP contribution in [0.3, 0.4) is 0 Å². The number of hydrogen-bond donors (Lipinski definition) is 0. The van der Waals surface area contributed by atoms with Crippen molar-refractivity contribution < 1.29 is 8.42 Å². The van der Waals surface area contributed by atoms with Gasteiger partial charge < -0.3 is 4.90 Å². The van der Waals surface area contributed by atoms with Crippen LogP contribution in [0.1, 0.15) is 51.4 Å². The van der Waals surface area contributed by atoms with E-state index in [-0.39, 0.29) is 18.0 Å². The van der Waals surface area contributed by atoms with Gasteiger partial charge in [0.15, 0.2) is 0 Å². The topological polar surface area (TPSA) is 88.2 Å². The molecule has 1 heterocycles. The first-order valence-corrected chi connectivity index (χ1v) is 10.8. The largest absolute Gasteiger partial charge is 0.302 e. The summed E-state index contributed by atoms with van der Waals surface area (Å²) in [6.45, 7) is 2.42. The van der Waals surface area contributed by atoms with Crippen LogP contribution in [-0.2, 0) is 10.0 Å². The van der Waals surface area contributed by atoms with Crippen molar-refractivity contribution in [2.75, 3.05) is 25.9 Å². The highest BCUT2D eigenvalue weighted by molar-refractivity contribution is 7.88. The second-order valence-corrected chi connectivity index (χ2v) is 8.97. The molecule has 1 saturated heterocycles. The Morgan fingerprint density at radius 2 is 1.79 bits per heavy atom. The highest BCUT2D eigenvalue weighted by Crippen LogP contribution is 2.32. The standard InChI is InChI=1S/C17H28N4O2S/c1-24(22,23)21(16-6-2-7-16)17-8-4-11-20(12-9-17)14-15(13-19)5-3-10-18/h15-17H,2-9,11-12,14H2,1H3/t15-,17+/m0/s1. The number of hydrogen-bond acceptors (Lipinski definition) is 5. The Bertz CT molecular complexity index is 589. The van der Waals surface area contributed by atoms with Crippen molar-refractivity contribution in [1.82, 2.24) is 9.21 Å². The fourth-order valence-electron chi connectivity index (χ4n) is 3.80. The molecule has 2 fully saturated rings. The minimum Gasteiger partial charge on any atom is -0.302 e. The van der Waals surface area contributed by atoms with Crippen molar-refractivity contribution in [2.24, 2.45) is 5.92 Å². The van der Waals surface area contributed by atoms with Gasteiger partial charge in [-0.2, -0.15) is 14.8 Å². The van der Waals surface area contributed by atoms with Crippen molar-refractivity contribution in [3.05, 3.63) is 0 Å². The number of sulfonamides is 1. The molecule has 1 aliphatic heterocycles. The molecule has 0 unspecified atom stereocenters. The minimum absolute atomic E-state index is 0.0925. The Kier molecular flexibility index (Phi) is 7.03. The van der Waals surface area contributed by atoms with E-state index in [2.05, 4.69) is 17.0 Å². The van der Waals surface area contributed by atoms with E-state index in [0.717, 1.165) is 51.6 Å². The first kappa shape index (κ1) is 19.2. The van der Waals surface area contributed by atoms with E-state index >= 15 is 0 Å². The Hall–Kier alpha value is -1.15. The molecule has 1 saturated carbocycles. The van der Waals surface area contributed by atoms with Crippen LogP contribution in [0.15, 0.2) is 0 Å². The van der Waals surface area contributed by atoms with Crippen LogP contribution >= 0.6 is 0 Å². The zero-order valence-corrected chi connectivity index (χ0v) is 15.3. The van der Waals surface area contributed by atoms with Crippen LogP contribution in [0, 0.1) is 28.6 Å². The van der Waals surface area contributed by atoms with Gasteiger partial charge in [0.1, 0.15) is 0 Å². The van der Waals surface area contributed by atoms with E-state index in [0.29, 0.717) is 19.4 Å². The van der Waals surface area contributed by atoms with Gasteiger partial charge in [-0.3, -0.25) is 0 Å². The molecule has 0 amide bonds. The molecule has 24 heavy (non-hydrogen) atoms. The zero-order valence-electron chi connectivity index (χ0n) is 14.5. The SMILES string of the molecule is CS(=O)(=O)N(C1CCC1)[C@@H]1CCCN(C[C@H](C#N)CCC#N)CC1. The first-order valence-electron chi connectivity index (χ1n) is 8.93. The summed E-state index contributed by atoms with van der Waals surface area (Å²) in [4.78, 5) is 2.27. The molecule has 2 aliphatic rings. The van der Waals surface area contributed by atoms with Gasteiger partial charge in [0.2, 0.25) is 10.0 Å². The molecular formula is C17H28N4O2S. The fraction of sp³-hybridized carbons (Fsp3) is 0.882. The first-order chi connectivity index (χ1) is 11.5. The maximum atomic E-state index is 12.2. The van der Waals surface area contributed by atoms with E-state index in [4.69, 9.17) is 5.26 Å². The molecule has 0 radical (unpaired) electrons. The summed E-state index contributed by atoms with van der Waals surface area (Å²) in [6.07, 6.45) is 8.15. The predicted octanol–water partition coefficient (Wildman–Crippen LogP) is 2.10. The van der Waals surface area contributed by atoms with E-state index in [1.165, 1.54) is 6.26 Å². The van der Waals surface area contributed by atoms with Gasteiger partial charge in [0, 0.05) is 25.0 Å². The van der Waals surface area contributed by atoms with Crippen molar-refractivity contribution in [1.29, 1.82) is 10.5 Å². The molecule has 2 rings (SSSR count). The second kappa shape index (κ2) is 8.80. The summed E-state index contributed by atoms with van der Waals surface area (Å²) in [6, 6.07) is 4.69. The predicted molar refractivity (Wildman–Crippen MR) is 92.4 cm³/mol. The minimum atomic E-state index is -3.17. The molecule has 7 heteroatoms. The molecule has 0 aromatic heterocycles. The average molecular weight is 353 g/mol. The second-order valence-electron chi connectivity index (χ2n) is 7.09. The molecule has 134 valence electrons. The quantitative estimate of drug-likeness (QED) is 0.700. The summed E-state index contributed by atoms with van der Waals surface area (Å²) in [5.41, 5.74) is 0. The molecule has 0 aromatic rings. The van der Waals surface area contributed by atoms with Crippen LogP contribution in [0.2, 0.25) is 0 Å². The average Bonchev–Trinajstić information content (AvgIpc) is 2.71. The molecule has 0 aromatic carbocycles. The van der Waals surface area contributed by atoms with E-state index in [1.807, 2.05) is 0 Å². The Balaban J connectivity index is 1.94. The maximum absolute atomic E-state index is 12.2. The third-order valence-corrected chi connectivity index (χ3v) is 6.60. The van der Waals surface area contributed by atoms with Gasteiger partial charge >= 0.3 is 0 Å². The molecule has 6 nitrogen and oxygen atoms in total. The molecule has 0 spiro atoms. The van der Waals surface area contributed by atoms with E-state index in [9.17, 15) is 13.7 Å². The monoisotopic (exact) mass is 352 g/mol. The number of likely N-dealkylation sites (tertiary alicyclic amines) is 1. The van der Waals surface area contributed by atoms with Crippen LogP contribution in [-0.4, -0.2) is 55.6 Å². The van der Waals surface area contributed by atoms with Crippen molar-refractivity contribution in [3.8, 4) is 12.1 Å². The smallest absolute Gasteiger partial charge is 0.211 e. The van der Waals surface area contributed by atoms with Gasteiger partial charge in [-0.05, 0) is 51.6 Å². The third kappa shape index (κ3) is 5.17. The van der Waals surface area contributed by atoms with Crippen LogP contribution in [0.5, 0.6) is 0 Å². The lowest BCUT2D eigenvalue weighted by molar-refractivity contribution is 0.160. The maximum Gasteiger partial charge on any atom is 0.211 e. The van der Waals surface area contributed by atoms with Crippen LogP contribution < -0.4 is 0 Å². The summed E-state index contributed by atoms with van der Waals surface area (Å²) in [5, 5.41) is 17.9. The summed E-state index contributed by atoms with van der Waals surface area (Å²) >= 11 is 0. The van der Waals surface area contributed by atoms with Gasteiger partial charge in [0.25, 0.3) is 0 Å². The van der Waals surface area contributed by atoms with Gasteiger partial charge in [-0.1, -0.05) is 6.42 Å². The number of nitriles is 2. The summed E-state index contributed by atoms with van der Waals surface area (Å²) < 4.78 is 26.3. The van der Waals surface area contributed by atoms with E-state index in [1.54, 1.807) is 4.31 Å². The molecule has 0 N–H and O–H groups in total. The van der Waals surface area contributed by atoms with Crippen LogP contribution in [0.25, 0.3) is 0 Å². The zero-order chi connectivity index (χ0) is 17.6. The molecule has 0 bridgehead atoms. The van der Waals surface area contributed by atoms with Crippen molar-refractivity contribution >= 4 is 10.0 Å². The summed E-state index contributed by atoms with van der Waals surface area (Å²) in [5.74, 6) is -0.112. The number of rotatable bonds is 7. The summed E-state index contributed by atoms with van der Waals surface area (Å²) in [7, 11) is -3.17. The number of nitrogens with zero attached hydrogens (tertiary/aromatic N) is 4. The Morgan fingerprint density at radius 3 is 2.33 bits per heavy atom. The van der Waals surface area contributed by atoms with Gasteiger partial charge in [-0.25, -0.2) is 8.42 Å². The lowest BCUT2D eigenvalue weighted by atomic mass is 9.91. The molecular weight excluding hydrogens is 324 g/mol. The normalized spacial score (nSPS) is 24.6. The fourth-order valence-corrected chi connectivity index (χ4v) is 5.31. The Morgan fingerprint density at radius 1 is 1.12 bits per heavy atom. The molecule has 2 atom stereocenters.